The molecule has 0 aromatic carbocycles. The Morgan fingerprint density at radius 3 is 2.76 bits per heavy atom. The van der Waals surface area contributed by atoms with Crippen molar-refractivity contribution in [1.29, 1.82) is 0 Å². The van der Waals surface area contributed by atoms with E-state index in [9.17, 15) is 0 Å². The summed E-state index contributed by atoms with van der Waals surface area (Å²) in [5, 5.41) is 6.78. The Kier molecular flexibility index (Phi) is 3.91. The van der Waals surface area contributed by atoms with E-state index < -0.39 is 0 Å². The summed E-state index contributed by atoms with van der Waals surface area (Å²) < 4.78 is 1.52. The number of hydrogen-bond donors (Lipinski definition) is 1. The van der Waals surface area contributed by atoms with Crippen molar-refractivity contribution in [3.63, 3.8) is 0 Å². The summed E-state index contributed by atoms with van der Waals surface area (Å²) in [6, 6.07) is 3.38. The quantitative estimate of drug-likeness (QED) is 0.835. The molecule has 1 N–H and O–H groups in total. The summed E-state index contributed by atoms with van der Waals surface area (Å²) in [6.45, 7) is 11.6. The predicted octanol–water partition coefficient (Wildman–Crippen LogP) is 4.70. The van der Waals surface area contributed by atoms with E-state index in [0.717, 1.165) is 5.25 Å². The van der Waals surface area contributed by atoms with Gasteiger partial charge in [-0.3, -0.25) is 0 Å². The van der Waals surface area contributed by atoms with Crippen molar-refractivity contribution < 1.29 is 0 Å². The van der Waals surface area contributed by atoms with Gasteiger partial charge in [0.15, 0.2) is 0 Å². The molecule has 2 rings (SSSR count). The first-order valence-electron chi connectivity index (χ1n) is 6.38. The fourth-order valence-corrected chi connectivity index (χ4v) is 4.63. The number of thioether (sulfide) groups is 1. The zero-order chi connectivity index (χ0) is 12.6. The SMILES string of the molecule is CC(NC1C[C@H](C)Sc2sccc21)C(C)(C)C. The molecule has 0 saturated carbocycles. The molecule has 0 spiro atoms. The molecule has 1 aliphatic heterocycles. The number of rotatable bonds is 2. The maximum atomic E-state index is 3.82. The highest BCUT2D eigenvalue weighted by Crippen LogP contribution is 2.44. The highest BCUT2D eigenvalue weighted by Gasteiger charge is 2.29. The normalized spacial score (nSPS) is 26.6. The van der Waals surface area contributed by atoms with Crippen molar-refractivity contribution in [3.05, 3.63) is 17.0 Å². The van der Waals surface area contributed by atoms with E-state index >= 15 is 0 Å². The van der Waals surface area contributed by atoms with Crippen molar-refractivity contribution >= 4 is 23.1 Å². The topological polar surface area (TPSA) is 12.0 Å². The second-order valence-electron chi connectivity index (χ2n) is 6.13. The fourth-order valence-electron chi connectivity index (χ4n) is 2.06. The smallest absolute Gasteiger partial charge is 0.0649 e. The summed E-state index contributed by atoms with van der Waals surface area (Å²) >= 11 is 3.93. The van der Waals surface area contributed by atoms with Crippen LogP contribution in [-0.4, -0.2) is 11.3 Å². The van der Waals surface area contributed by atoms with Gasteiger partial charge in [-0.05, 0) is 35.8 Å². The standard InChI is InChI=1S/C14H23NS2/c1-9-8-12(15-10(2)14(3,4)5)11-6-7-16-13(11)17-9/h6-7,9-10,12,15H,8H2,1-5H3/t9-,10?,12?/m0/s1. The molecule has 1 aliphatic rings. The zero-order valence-electron chi connectivity index (χ0n) is 11.4. The van der Waals surface area contributed by atoms with E-state index in [1.54, 1.807) is 0 Å². The van der Waals surface area contributed by atoms with E-state index in [2.05, 4.69) is 51.4 Å². The molecule has 17 heavy (non-hydrogen) atoms. The maximum absolute atomic E-state index is 3.82. The molecule has 0 radical (unpaired) electrons. The summed E-state index contributed by atoms with van der Waals surface area (Å²) in [5.41, 5.74) is 1.85. The first kappa shape index (κ1) is 13.4. The lowest BCUT2D eigenvalue weighted by Crippen LogP contribution is -2.41. The second kappa shape index (κ2) is 4.94. The molecule has 0 fully saturated rings. The first-order chi connectivity index (χ1) is 7.88. The van der Waals surface area contributed by atoms with Crippen LogP contribution in [0.1, 0.15) is 52.6 Å². The van der Waals surface area contributed by atoms with E-state index in [-0.39, 0.29) is 0 Å². The summed E-state index contributed by atoms with van der Waals surface area (Å²) in [5.74, 6) is 0. The average Bonchev–Trinajstić information content (AvgIpc) is 2.63. The van der Waals surface area contributed by atoms with Crippen molar-refractivity contribution in [2.45, 2.75) is 62.6 Å². The van der Waals surface area contributed by atoms with Gasteiger partial charge >= 0.3 is 0 Å². The van der Waals surface area contributed by atoms with Gasteiger partial charge in [-0.1, -0.05) is 27.7 Å². The molecule has 0 bridgehead atoms. The van der Waals surface area contributed by atoms with Gasteiger partial charge in [0.2, 0.25) is 0 Å². The van der Waals surface area contributed by atoms with Crippen molar-refractivity contribution in [1.82, 2.24) is 5.32 Å². The minimum absolute atomic E-state index is 0.323. The lowest BCUT2D eigenvalue weighted by Gasteiger charge is -2.35. The predicted molar refractivity (Wildman–Crippen MR) is 79.0 cm³/mol. The molecule has 2 unspecified atom stereocenters. The Bertz CT molecular complexity index is 378. The van der Waals surface area contributed by atoms with Gasteiger partial charge in [-0.25, -0.2) is 0 Å². The van der Waals surface area contributed by atoms with E-state index in [1.807, 2.05) is 23.1 Å². The van der Waals surface area contributed by atoms with E-state index in [0.29, 0.717) is 17.5 Å². The third-order valence-electron chi connectivity index (χ3n) is 3.66. The van der Waals surface area contributed by atoms with Crippen LogP contribution < -0.4 is 5.32 Å². The lowest BCUT2D eigenvalue weighted by molar-refractivity contribution is 0.257. The molecule has 0 saturated heterocycles. The van der Waals surface area contributed by atoms with Gasteiger partial charge < -0.3 is 5.32 Å². The summed E-state index contributed by atoms with van der Waals surface area (Å²) in [7, 11) is 0. The molecule has 2 heterocycles. The monoisotopic (exact) mass is 269 g/mol. The fraction of sp³-hybridized carbons (Fsp3) is 0.714. The Balaban J connectivity index is 2.13. The highest BCUT2D eigenvalue weighted by atomic mass is 32.2. The number of hydrogen-bond acceptors (Lipinski definition) is 3. The molecule has 1 aromatic heterocycles. The lowest BCUT2D eigenvalue weighted by atomic mass is 9.87. The molecule has 0 aliphatic carbocycles. The minimum Gasteiger partial charge on any atom is -0.307 e. The Morgan fingerprint density at radius 2 is 2.12 bits per heavy atom. The van der Waals surface area contributed by atoms with Crippen LogP contribution in [0.3, 0.4) is 0 Å². The van der Waals surface area contributed by atoms with Crippen molar-refractivity contribution in [2.24, 2.45) is 5.41 Å². The van der Waals surface area contributed by atoms with Crippen LogP contribution in [0.15, 0.2) is 15.7 Å². The van der Waals surface area contributed by atoms with Crippen LogP contribution in [-0.2, 0) is 0 Å². The van der Waals surface area contributed by atoms with Crippen LogP contribution >= 0.6 is 23.1 Å². The average molecular weight is 269 g/mol. The van der Waals surface area contributed by atoms with Gasteiger partial charge in [0.1, 0.15) is 0 Å². The van der Waals surface area contributed by atoms with Crippen LogP contribution in [0.25, 0.3) is 0 Å². The van der Waals surface area contributed by atoms with Crippen LogP contribution in [0.5, 0.6) is 0 Å². The molecular formula is C14H23NS2. The largest absolute Gasteiger partial charge is 0.307 e. The zero-order valence-corrected chi connectivity index (χ0v) is 13.0. The van der Waals surface area contributed by atoms with Gasteiger partial charge in [0, 0.05) is 17.3 Å². The number of nitrogens with one attached hydrogen (secondary N) is 1. The van der Waals surface area contributed by atoms with Crippen molar-refractivity contribution in [2.75, 3.05) is 0 Å². The molecule has 96 valence electrons. The third kappa shape index (κ3) is 3.07. The van der Waals surface area contributed by atoms with Gasteiger partial charge in [-0.15, -0.1) is 23.1 Å². The van der Waals surface area contributed by atoms with Crippen LogP contribution in [0, 0.1) is 5.41 Å². The Hall–Kier alpha value is 0.0100. The summed E-state index contributed by atoms with van der Waals surface area (Å²) in [4.78, 5) is 0. The third-order valence-corrected chi connectivity index (χ3v) is 6.00. The maximum Gasteiger partial charge on any atom is 0.0649 e. The molecule has 1 aromatic rings. The molecule has 3 atom stereocenters. The molecule has 0 amide bonds. The van der Waals surface area contributed by atoms with Crippen LogP contribution in [0.2, 0.25) is 0 Å². The number of fused-ring (bicyclic) bond motifs is 1. The first-order valence-corrected chi connectivity index (χ1v) is 8.14. The van der Waals surface area contributed by atoms with Gasteiger partial charge in [-0.2, -0.15) is 0 Å². The van der Waals surface area contributed by atoms with E-state index in [4.69, 9.17) is 0 Å². The molecule has 1 nitrogen and oxygen atoms in total. The summed E-state index contributed by atoms with van der Waals surface area (Å²) in [6.07, 6.45) is 1.24. The second-order valence-corrected chi connectivity index (χ2v) is 8.76. The molecular weight excluding hydrogens is 246 g/mol. The van der Waals surface area contributed by atoms with Gasteiger partial charge in [0.05, 0.1) is 4.21 Å². The van der Waals surface area contributed by atoms with Crippen LogP contribution in [0.4, 0.5) is 0 Å². The highest BCUT2D eigenvalue weighted by molar-refractivity contribution is 8.01. The minimum atomic E-state index is 0.323. The van der Waals surface area contributed by atoms with Crippen molar-refractivity contribution in [3.8, 4) is 0 Å². The van der Waals surface area contributed by atoms with Gasteiger partial charge in [0.25, 0.3) is 0 Å². The van der Waals surface area contributed by atoms with E-state index in [1.165, 1.54) is 16.2 Å². The Morgan fingerprint density at radius 1 is 1.41 bits per heavy atom. The molecule has 3 heteroatoms. The Labute approximate surface area is 113 Å². The number of thiophene rings is 1.